The summed E-state index contributed by atoms with van der Waals surface area (Å²) in [5, 5.41) is 12.3. The topological polar surface area (TPSA) is 52.6 Å². The Morgan fingerprint density at radius 2 is 1.80 bits per heavy atom. The number of hydrogen-bond donors (Lipinski definition) is 2. The highest BCUT2D eigenvalue weighted by Gasteiger charge is 2.07. The molecule has 0 aliphatic rings. The highest BCUT2D eigenvalue weighted by molar-refractivity contribution is 5.94. The van der Waals surface area contributed by atoms with E-state index in [9.17, 15) is 9.90 Å². The third-order valence-corrected chi connectivity index (χ3v) is 3.49. The molecule has 0 aliphatic heterocycles. The van der Waals surface area contributed by atoms with E-state index >= 15 is 0 Å². The van der Waals surface area contributed by atoms with Crippen LogP contribution in [-0.4, -0.2) is 36.8 Å². The van der Waals surface area contributed by atoms with E-state index in [0.717, 1.165) is 18.8 Å². The molecule has 20 heavy (non-hydrogen) atoms. The summed E-state index contributed by atoms with van der Waals surface area (Å²) in [6.07, 6.45) is 0.981. The highest BCUT2D eigenvalue weighted by atomic mass is 16.3. The zero-order valence-corrected chi connectivity index (χ0v) is 12.7. The van der Waals surface area contributed by atoms with Crippen LogP contribution in [0.3, 0.4) is 0 Å². The van der Waals surface area contributed by atoms with Gasteiger partial charge >= 0.3 is 0 Å². The van der Waals surface area contributed by atoms with Crippen molar-refractivity contribution >= 4 is 11.6 Å². The lowest BCUT2D eigenvalue weighted by molar-refractivity contribution is 0.0942. The summed E-state index contributed by atoms with van der Waals surface area (Å²) >= 11 is 0. The lowest BCUT2D eigenvalue weighted by Crippen LogP contribution is -2.27. The molecule has 0 saturated heterocycles. The van der Waals surface area contributed by atoms with Crippen LogP contribution in [0.15, 0.2) is 24.3 Å². The number of aliphatic hydroxyl groups is 1. The fourth-order valence-electron chi connectivity index (χ4n) is 2.07. The number of nitrogens with one attached hydrogen (secondary N) is 1. The maximum atomic E-state index is 11.9. The van der Waals surface area contributed by atoms with Crippen LogP contribution in [0.2, 0.25) is 0 Å². The van der Waals surface area contributed by atoms with Crippen LogP contribution in [0.4, 0.5) is 5.69 Å². The lowest BCUT2D eigenvalue weighted by Gasteiger charge is -2.21. The van der Waals surface area contributed by atoms with Gasteiger partial charge in [0.25, 0.3) is 5.91 Å². The summed E-state index contributed by atoms with van der Waals surface area (Å²) in [5.41, 5.74) is 1.79. The van der Waals surface area contributed by atoms with E-state index < -0.39 is 0 Å². The summed E-state index contributed by atoms with van der Waals surface area (Å²) in [6.45, 7) is 8.57. The van der Waals surface area contributed by atoms with Crippen LogP contribution in [0.1, 0.15) is 44.0 Å². The molecule has 1 aromatic rings. The number of benzene rings is 1. The fraction of sp³-hybridized carbons (Fsp3) is 0.562. The van der Waals surface area contributed by atoms with Crippen LogP contribution < -0.4 is 10.2 Å². The van der Waals surface area contributed by atoms with E-state index in [1.54, 1.807) is 0 Å². The molecule has 1 rings (SSSR count). The average molecular weight is 278 g/mol. The second-order valence-corrected chi connectivity index (χ2v) is 4.83. The second-order valence-electron chi connectivity index (χ2n) is 4.83. The molecule has 1 unspecified atom stereocenters. The average Bonchev–Trinajstić information content (AvgIpc) is 2.48. The van der Waals surface area contributed by atoms with Gasteiger partial charge < -0.3 is 15.3 Å². The van der Waals surface area contributed by atoms with E-state index in [1.165, 1.54) is 0 Å². The van der Waals surface area contributed by atoms with Crippen molar-refractivity contribution in [2.45, 2.75) is 39.7 Å². The Hall–Kier alpha value is -1.55. The van der Waals surface area contributed by atoms with E-state index in [4.69, 9.17) is 0 Å². The summed E-state index contributed by atoms with van der Waals surface area (Å²) in [6, 6.07) is 7.64. The molecule has 0 aliphatic carbocycles. The SMILES string of the molecule is CCC(O)CCNC(=O)c1ccc(N(CC)CC)cc1. The number of carbonyl (C=O) groups is 1. The summed E-state index contributed by atoms with van der Waals surface area (Å²) in [4.78, 5) is 14.2. The number of rotatable bonds is 8. The van der Waals surface area contributed by atoms with Crippen molar-refractivity contribution in [3.8, 4) is 0 Å². The van der Waals surface area contributed by atoms with Crippen molar-refractivity contribution in [1.29, 1.82) is 0 Å². The summed E-state index contributed by atoms with van der Waals surface area (Å²) < 4.78 is 0. The van der Waals surface area contributed by atoms with E-state index in [0.29, 0.717) is 24.9 Å². The molecule has 112 valence electrons. The first-order valence-corrected chi connectivity index (χ1v) is 7.43. The van der Waals surface area contributed by atoms with Gasteiger partial charge in [0.15, 0.2) is 0 Å². The predicted octanol–water partition coefficient (Wildman–Crippen LogP) is 2.42. The van der Waals surface area contributed by atoms with Gasteiger partial charge in [0.1, 0.15) is 0 Å². The van der Waals surface area contributed by atoms with Crippen molar-refractivity contribution in [2.75, 3.05) is 24.5 Å². The predicted molar refractivity (Wildman–Crippen MR) is 83.3 cm³/mol. The van der Waals surface area contributed by atoms with Gasteiger partial charge in [0.05, 0.1) is 6.10 Å². The molecule has 2 N–H and O–H groups in total. The number of anilines is 1. The van der Waals surface area contributed by atoms with Crippen LogP contribution in [0.25, 0.3) is 0 Å². The second kappa shape index (κ2) is 8.59. The first kappa shape index (κ1) is 16.5. The van der Waals surface area contributed by atoms with Gasteiger partial charge in [-0.3, -0.25) is 4.79 Å². The summed E-state index contributed by atoms with van der Waals surface area (Å²) in [7, 11) is 0. The van der Waals surface area contributed by atoms with Crippen molar-refractivity contribution in [2.24, 2.45) is 0 Å². The zero-order valence-electron chi connectivity index (χ0n) is 12.7. The quantitative estimate of drug-likeness (QED) is 0.768. The van der Waals surface area contributed by atoms with Crippen LogP contribution in [0, 0.1) is 0 Å². The Bertz CT molecular complexity index is 399. The molecule has 0 radical (unpaired) electrons. The van der Waals surface area contributed by atoms with E-state index in [1.807, 2.05) is 31.2 Å². The standard InChI is InChI=1S/C16H26N2O2/c1-4-15(19)11-12-17-16(20)13-7-9-14(10-8-13)18(5-2)6-3/h7-10,15,19H,4-6,11-12H2,1-3H3,(H,17,20). The molecule has 0 fully saturated rings. The van der Waals surface area contributed by atoms with E-state index in [-0.39, 0.29) is 12.0 Å². The Morgan fingerprint density at radius 1 is 1.20 bits per heavy atom. The third-order valence-electron chi connectivity index (χ3n) is 3.49. The number of hydrogen-bond acceptors (Lipinski definition) is 3. The van der Waals surface area contributed by atoms with Crippen LogP contribution in [-0.2, 0) is 0 Å². The van der Waals surface area contributed by atoms with Crippen molar-refractivity contribution in [1.82, 2.24) is 5.32 Å². The molecule has 1 atom stereocenters. The number of nitrogens with zero attached hydrogens (tertiary/aromatic N) is 1. The van der Waals surface area contributed by atoms with Crippen molar-refractivity contribution in [3.05, 3.63) is 29.8 Å². The fourth-order valence-corrected chi connectivity index (χ4v) is 2.07. The van der Waals surface area contributed by atoms with Gasteiger partial charge in [0, 0.05) is 30.9 Å². The minimum Gasteiger partial charge on any atom is -0.393 e. The largest absolute Gasteiger partial charge is 0.393 e. The number of carbonyl (C=O) groups excluding carboxylic acids is 1. The minimum atomic E-state index is -0.333. The first-order chi connectivity index (χ1) is 9.62. The van der Waals surface area contributed by atoms with Gasteiger partial charge in [-0.15, -0.1) is 0 Å². The molecule has 0 spiro atoms. The Balaban J connectivity index is 2.53. The van der Waals surface area contributed by atoms with Crippen LogP contribution >= 0.6 is 0 Å². The van der Waals surface area contributed by atoms with Gasteiger partial charge in [0.2, 0.25) is 0 Å². The van der Waals surface area contributed by atoms with Crippen molar-refractivity contribution < 1.29 is 9.90 Å². The minimum absolute atomic E-state index is 0.0839. The molecule has 4 nitrogen and oxygen atoms in total. The monoisotopic (exact) mass is 278 g/mol. The van der Waals surface area contributed by atoms with Gasteiger partial charge in [-0.2, -0.15) is 0 Å². The Labute approximate surface area is 121 Å². The highest BCUT2D eigenvalue weighted by Crippen LogP contribution is 2.14. The Morgan fingerprint density at radius 3 is 2.30 bits per heavy atom. The van der Waals surface area contributed by atoms with Crippen LogP contribution in [0.5, 0.6) is 0 Å². The molecule has 0 saturated carbocycles. The Kier molecular flexibility index (Phi) is 7.09. The van der Waals surface area contributed by atoms with E-state index in [2.05, 4.69) is 24.1 Å². The third kappa shape index (κ3) is 4.85. The normalized spacial score (nSPS) is 12.0. The van der Waals surface area contributed by atoms with Gasteiger partial charge in [-0.25, -0.2) is 0 Å². The maximum Gasteiger partial charge on any atom is 0.251 e. The van der Waals surface area contributed by atoms with Crippen molar-refractivity contribution in [3.63, 3.8) is 0 Å². The molecular weight excluding hydrogens is 252 g/mol. The molecule has 0 heterocycles. The molecule has 1 aromatic carbocycles. The van der Waals surface area contributed by atoms with Gasteiger partial charge in [-0.1, -0.05) is 6.92 Å². The number of aliphatic hydroxyl groups excluding tert-OH is 1. The van der Waals surface area contributed by atoms with Gasteiger partial charge in [-0.05, 0) is 51.0 Å². The smallest absolute Gasteiger partial charge is 0.251 e. The lowest BCUT2D eigenvalue weighted by atomic mass is 10.1. The molecular formula is C16H26N2O2. The summed E-state index contributed by atoms with van der Waals surface area (Å²) in [5.74, 6) is -0.0839. The molecule has 0 aromatic heterocycles. The molecule has 4 heteroatoms. The zero-order chi connectivity index (χ0) is 15.0. The maximum absolute atomic E-state index is 11.9. The molecule has 0 bridgehead atoms. The molecule has 1 amide bonds. The first-order valence-electron chi connectivity index (χ1n) is 7.43. The number of amides is 1.